The van der Waals surface area contributed by atoms with E-state index in [1.807, 2.05) is 6.08 Å². The second-order valence-corrected chi connectivity index (χ2v) is 4.56. The van der Waals surface area contributed by atoms with Gasteiger partial charge >= 0.3 is 6.61 Å². The van der Waals surface area contributed by atoms with Gasteiger partial charge in [-0.2, -0.15) is 8.78 Å². The van der Waals surface area contributed by atoms with E-state index in [0.717, 1.165) is 32.1 Å². The van der Waals surface area contributed by atoms with Crippen LogP contribution in [0.1, 0.15) is 43.7 Å². The summed E-state index contributed by atoms with van der Waals surface area (Å²) in [5.74, 6) is 5.71. The third-order valence-electron chi connectivity index (χ3n) is 3.11. The SMILES string of the molecule is C=CCCCCCC(NN)c1ccccc1OC(F)F. The van der Waals surface area contributed by atoms with Gasteiger partial charge in [0.2, 0.25) is 0 Å². The molecule has 0 spiro atoms. The van der Waals surface area contributed by atoms with Crippen molar-refractivity contribution in [1.29, 1.82) is 0 Å². The van der Waals surface area contributed by atoms with Gasteiger partial charge in [0.15, 0.2) is 0 Å². The number of nitrogens with one attached hydrogen (secondary N) is 1. The Morgan fingerprint density at radius 3 is 2.65 bits per heavy atom. The second-order valence-electron chi connectivity index (χ2n) is 4.56. The van der Waals surface area contributed by atoms with Gasteiger partial charge in [0.1, 0.15) is 5.75 Å². The molecule has 20 heavy (non-hydrogen) atoms. The average molecular weight is 284 g/mol. The molecule has 0 aromatic heterocycles. The minimum absolute atomic E-state index is 0.177. The lowest BCUT2D eigenvalue weighted by Crippen LogP contribution is -2.28. The first-order valence-electron chi connectivity index (χ1n) is 6.79. The molecule has 1 aromatic carbocycles. The highest BCUT2D eigenvalue weighted by molar-refractivity contribution is 5.35. The molecule has 0 saturated heterocycles. The number of benzene rings is 1. The van der Waals surface area contributed by atoms with Crippen molar-refractivity contribution in [3.8, 4) is 5.75 Å². The number of allylic oxidation sites excluding steroid dienone is 1. The Hall–Kier alpha value is -1.46. The number of nitrogens with two attached hydrogens (primary N) is 1. The molecule has 1 aromatic rings. The van der Waals surface area contributed by atoms with Crippen LogP contribution in [0.25, 0.3) is 0 Å². The van der Waals surface area contributed by atoms with Crippen LogP contribution in [-0.2, 0) is 0 Å². The van der Waals surface area contributed by atoms with E-state index in [4.69, 9.17) is 5.84 Å². The summed E-state index contributed by atoms with van der Waals surface area (Å²) in [6.07, 6.45) is 6.76. The van der Waals surface area contributed by atoms with Crippen LogP contribution in [0.15, 0.2) is 36.9 Å². The van der Waals surface area contributed by atoms with Crippen LogP contribution >= 0.6 is 0 Å². The summed E-state index contributed by atoms with van der Waals surface area (Å²) in [7, 11) is 0. The topological polar surface area (TPSA) is 47.3 Å². The van der Waals surface area contributed by atoms with Crippen LogP contribution in [0.2, 0.25) is 0 Å². The van der Waals surface area contributed by atoms with Gasteiger partial charge in [0, 0.05) is 11.6 Å². The molecule has 3 N–H and O–H groups in total. The van der Waals surface area contributed by atoms with Crippen LogP contribution in [0.5, 0.6) is 5.75 Å². The average Bonchev–Trinajstić information content (AvgIpc) is 2.43. The van der Waals surface area contributed by atoms with Crippen molar-refractivity contribution in [3.63, 3.8) is 0 Å². The molecule has 0 saturated carbocycles. The van der Waals surface area contributed by atoms with Crippen LogP contribution in [-0.4, -0.2) is 6.61 Å². The number of para-hydroxylation sites is 1. The van der Waals surface area contributed by atoms with Gasteiger partial charge in [-0.25, -0.2) is 0 Å². The van der Waals surface area contributed by atoms with Crippen molar-refractivity contribution >= 4 is 0 Å². The third kappa shape index (κ3) is 5.67. The fourth-order valence-corrected chi connectivity index (χ4v) is 2.11. The summed E-state index contributed by atoms with van der Waals surface area (Å²) in [6, 6.07) is 6.55. The largest absolute Gasteiger partial charge is 0.434 e. The van der Waals surface area contributed by atoms with E-state index in [1.54, 1.807) is 18.2 Å². The first kappa shape index (κ1) is 16.6. The van der Waals surface area contributed by atoms with Gasteiger partial charge in [-0.15, -0.1) is 6.58 Å². The lowest BCUT2D eigenvalue weighted by atomic mass is 9.99. The summed E-state index contributed by atoms with van der Waals surface area (Å²) in [4.78, 5) is 0. The number of hydrogen-bond donors (Lipinski definition) is 2. The van der Waals surface area contributed by atoms with E-state index in [2.05, 4.69) is 16.7 Å². The standard InChI is InChI=1S/C15H22F2N2O/c1-2-3-4-5-6-10-13(19-18)12-9-7-8-11-14(12)20-15(16)17/h2,7-9,11,13,15,19H,1,3-6,10,18H2. The van der Waals surface area contributed by atoms with E-state index < -0.39 is 6.61 Å². The van der Waals surface area contributed by atoms with Crippen LogP contribution in [0, 0.1) is 0 Å². The molecular weight excluding hydrogens is 262 g/mol. The number of hydrazine groups is 1. The quantitative estimate of drug-likeness (QED) is 0.296. The zero-order valence-corrected chi connectivity index (χ0v) is 11.5. The molecule has 1 rings (SSSR count). The lowest BCUT2D eigenvalue weighted by Gasteiger charge is -2.19. The molecule has 1 atom stereocenters. The van der Waals surface area contributed by atoms with Crippen molar-refractivity contribution in [1.82, 2.24) is 5.43 Å². The van der Waals surface area contributed by atoms with E-state index >= 15 is 0 Å². The van der Waals surface area contributed by atoms with Gasteiger partial charge in [0.05, 0.1) is 0 Å². The molecule has 0 aliphatic heterocycles. The Kier molecular flexibility index (Phi) is 7.84. The molecule has 3 nitrogen and oxygen atoms in total. The van der Waals surface area contributed by atoms with Gasteiger partial charge in [-0.3, -0.25) is 11.3 Å². The molecule has 0 aliphatic carbocycles. The summed E-state index contributed by atoms with van der Waals surface area (Å²) in [5, 5.41) is 0. The van der Waals surface area contributed by atoms with Crippen molar-refractivity contribution < 1.29 is 13.5 Å². The highest BCUT2D eigenvalue weighted by atomic mass is 19.3. The normalized spacial score (nSPS) is 12.4. The molecule has 0 bridgehead atoms. The van der Waals surface area contributed by atoms with Gasteiger partial charge < -0.3 is 4.74 Å². The molecular formula is C15H22F2N2O. The minimum Gasteiger partial charge on any atom is -0.434 e. The molecule has 1 unspecified atom stereocenters. The highest BCUT2D eigenvalue weighted by Crippen LogP contribution is 2.29. The third-order valence-corrected chi connectivity index (χ3v) is 3.11. The number of alkyl halides is 2. The molecule has 0 radical (unpaired) electrons. The summed E-state index contributed by atoms with van der Waals surface area (Å²) < 4.78 is 29.3. The number of ether oxygens (including phenoxy) is 1. The predicted octanol–water partition coefficient (Wildman–Crippen LogP) is 3.93. The monoisotopic (exact) mass is 284 g/mol. The number of halogens is 2. The molecule has 0 heterocycles. The fourth-order valence-electron chi connectivity index (χ4n) is 2.11. The van der Waals surface area contributed by atoms with Crippen molar-refractivity contribution in [3.05, 3.63) is 42.5 Å². The van der Waals surface area contributed by atoms with Crippen molar-refractivity contribution in [2.75, 3.05) is 0 Å². The Balaban J connectivity index is 2.61. The van der Waals surface area contributed by atoms with Crippen LogP contribution in [0.3, 0.4) is 0 Å². The minimum atomic E-state index is -2.83. The molecule has 0 aliphatic rings. The Morgan fingerprint density at radius 2 is 2.00 bits per heavy atom. The predicted molar refractivity (Wildman–Crippen MR) is 76.4 cm³/mol. The fraction of sp³-hybridized carbons (Fsp3) is 0.467. The maximum Gasteiger partial charge on any atom is 0.387 e. The van der Waals surface area contributed by atoms with Crippen LogP contribution < -0.4 is 16.0 Å². The second kappa shape index (κ2) is 9.44. The Labute approximate surface area is 118 Å². The Morgan fingerprint density at radius 1 is 1.25 bits per heavy atom. The molecule has 0 amide bonds. The van der Waals surface area contributed by atoms with E-state index in [9.17, 15) is 8.78 Å². The molecule has 112 valence electrons. The van der Waals surface area contributed by atoms with Crippen LogP contribution in [0.4, 0.5) is 8.78 Å². The van der Waals surface area contributed by atoms with Gasteiger partial charge in [-0.05, 0) is 25.3 Å². The maximum atomic E-state index is 12.4. The first-order valence-corrected chi connectivity index (χ1v) is 6.79. The smallest absolute Gasteiger partial charge is 0.387 e. The van der Waals surface area contributed by atoms with Crippen molar-refractivity contribution in [2.45, 2.75) is 44.8 Å². The Bertz CT molecular complexity index is 399. The van der Waals surface area contributed by atoms with E-state index in [1.165, 1.54) is 6.07 Å². The maximum absolute atomic E-state index is 12.4. The number of rotatable bonds is 10. The molecule has 0 fully saturated rings. The zero-order chi connectivity index (χ0) is 14.8. The number of hydrogen-bond acceptors (Lipinski definition) is 3. The first-order chi connectivity index (χ1) is 9.69. The number of unbranched alkanes of at least 4 members (excludes halogenated alkanes) is 3. The van der Waals surface area contributed by atoms with Crippen molar-refractivity contribution in [2.24, 2.45) is 5.84 Å². The van der Waals surface area contributed by atoms with Gasteiger partial charge in [0.25, 0.3) is 0 Å². The zero-order valence-electron chi connectivity index (χ0n) is 11.5. The highest BCUT2D eigenvalue weighted by Gasteiger charge is 2.16. The van der Waals surface area contributed by atoms with E-state index in [-0.39, 0.29) is 11.8 Å². The summed E-state index contributed by atoms with van der Waals surface area (Å²) in [6.45, 7) is 0.845. The van der Waals surface area contributed by atoms with Gasteiger partial charge in [-0.1, -0.05) is 37.1 Å². The summed E-state index contributed by atoms with van der Waals surface area (Å²) in [5.41, 5.74) is 3.34. The lowest BCUT2D eigenvalue weighted by molar-refractivity contribution is -0.0507. The summed E-state index contributed by atoms with van der Waals surface area (Å²) >= 11 is 0. The molecule has 5 heteroatoms. The van der Waals surface area contributed by atoms with E-state index in [0.29, 0.717) is 5.56 Å².